The van der Waals surface area contributed by atoms with Crippen molar-refractivity contribution in [1.29, 1.82) is 0 Å². The monoisotopic (exact) mass is 470 g/mol. The fourth-order valence-corrected chi connectivity index (χ4v) is 4.70. The Balaban J connectivity index is 1.40. The number of anilines is 1. The van der Waals surface area contributed by atoms with E-state index < -0.39 is 0 Å². The van der Waals surface area contributed by atoms with Crippen LogP contribution in [-0.4, -0.2) is 28.5 Å². The zero-order valence-electron chi connectivity index (χ0n) is 20.2. The lowest BCUT2D eigenvalue weighted by atomic mass is 9.97. The number of nitrogens with one attached hydrogen (secondary N) is 1. The van der Waals surface area contributed by atoms with Gasteiger partial charge in [-0.15, -0.1) is 0 Å². The van der Waals surface area contributed by atoms with Gasteiger partial charge in [0.2, 0.25) is 5.91 Å². The highest BCUT2D eigenvalue weighted by molar-refractivity contribution is 5.80. The van der Waals surface area contributed by atoms with E-state index in [0.29, 0.717) is 32.0 Å². The van der Waals surface area contributed by atoms with Gasteiger partial charge in [-0.1, -0.05) is 42.0 Å². The van der Waals surface area contributed by atoms with E-state index >= 15 is 0 Å². The second kappa shape index (κ2) is 9.78. The maximum atomic E-state index is 13.7. The molecule has 0 saturated carbocycles. The fourth-order valence-electron chi connectivity index (χ4n) is 4.70. The van der Waals surface area contributed by atoms with Crippen LogP contribution in [0.4, 0.5) is 5.82 Å². The molecular formula is C28H30N4O3. The molecule has 7 nitrogen and oxygen atoms in total. The van der Waals surface area contributed by atoms with Gasteiger partial charge in [0.25, 0.3) is 5.56 Å². The molecular weight excluding hydrogens is 440 g/mol. The van der Waals surface area contributed by atoms with E-state index in [9.17, 15) is 9.59 Å². The molecule has 0 unspecified atom stereocenters. The summed E-state index contributed by atoms with van der Waals surface area (Å²) >= 11 is 0. The highest BCUT2D eigenvalue weighted by Crippen LogP contribution is 2.22. The highest BCUT2D eigenvalue weighted by Gasteiger charge is 2.28. The van der Waals surface area contributed by atoms with Gasteiger partial charge < -0.3 is 14.6 Å². The Morgan fingerprint density at radius 1 is 1.09 bits per heavy atom. The van der Waals surface area contributed by atoms with Crippen molar-refractivity contribution in [2.75, 3.05) is 18.0 Å². The highest BCUT2D eigenvalue weighted by atomic mass is 16.3. The molecule has 5 rings (SSSR count). The molecule has 0 bridgehead atoms. The summed E-state index contributed by atoms with van der Waals surface area (Å²) < 4.78 is 7.35. The van der Waals surface area contributed by atoms with E-state index in [-0.39, 0.29) is 17.4 Å². The first-order valence-corrected chi connectivity index (χ1v) is 12.1. The van der Waals surface area contributed by atoms with Crippen LogP contribution in [0.3, 0.4) is 0 Å². The smallest absolute Gasteiger partial charge is 0.294 e. The molecule has 1 fully saturated rings. The van der Waals surface area contributed by atoms with Gasteiger partial charge in [0.1, 0.15) is 11.5 Å². The Hall–Kier alpha value is -3.87. The number of furan rings is 1. The summed E-state index contributed by atoms with van der Waals surface area (Å²) in [5.41, 5.74) is 3.69. The molecule has 4 aromatic rings. The molecule has 1 amide bonds. The van der Waals surface area contributed by atoms with Crippen LogP contribution in [0, 0.1) is 19.8 Å². The second-order valence-corrected chi connectivity index (χ2v) is 9.32. The third-order valence-corrected chi connectivity index (χ3v) is 6.62. The van der Waals surface area contributed by atoms with Crippen LogP contribution >= 0.6 is 0 Å². The molecule has 7 heteroatoms. The van der Waals surface area contributed by atoms with Crippen molar-refractivity contribution in [3.8, 4) is 0 Å². The SMILES string of the molecule is Cc1ccc(Cn2c(=O)c(N3CCC[C@@H](C(=O)NCc4ccc(C)o4)C3)nc3ccccc32)cc1. The average molecular weight is 471 g/mol. The van der Waals surface area contributed by atoms with Gasteiger partial charge in [-0.25, -0.2) is 4.98 Å². The molecule has 1 N–H and O–H groups in total. The van der Waals surface area contributed by atoms with E-state index in [2.05, 4.69) is 36.5 Å². The number of fused-ring (bicyclic) bond motifs is 1. The standard InChI is InChI=1S/C28H30N4O3/c1-19-9-12-21(13-10-19)17-32-25-8-4-3-7-24(25)30-26(28(32)34)31-15-5-6-22(18-31)27(33)29-16-23-14-11-20(2)35-23/h3-4,7-14,22H,5-6,15-18H2,1-2H3,(H,29,33)/t22-/m1/s1. The van der Waals surface area contributed by atoms with Crippen molar-refractivity contribution in [1.82, 2.24) is 14.9 Å². The molecule has 0 aliphatic carbocycles. The zero-order valence-corrected chi connectivity index (χ0v) is 20.2. The first-order chi connectivity index (χ1) is 17.0. The molecule has 1 atom stereocenters. The summed E-state index contributed by atoms with van der Waals surface area (Å²) in [6.07, 6.45) is 1.61. The Morgan fingerprint density at radius 2 is 1.89 bits per heavy atom. The molecule has 2 aromatic carbocycles. The Bertz CT molecular complexity index is 1400. The first-order valence-electron chi connectivity index (χ1n) is 12.1. The average Bonchev–Trinajstić information content (AvgIpc) is 3.30. The number of aromatic nitrogens is 2. The summed E-state index contributed by atoms with van der Waals surface area (Å²) in [6.45, 7) is 5.93. The number of hydrogen-bond acceptors (Lipinski definition) is 5. The lowest BCUT2D eigenvalue weighted by Crippen LogP contribution is -2.45. The Labute approximate surface area is 204 Å². The van der Waals surface area contributed by atoms with Crippen molar-refractivity contribution < 1.29 is 9.21 Å². The first kappa shape index (κ1) is 22.9. The van der Waals surface area contributed by atoms with Crippen LogP contribution in [0.5, 0.6) is 0 Å². The topological polar surface area (TPSA) is 80.4 Å². The van der Waals surface area contributed by atoms with E-state index in [1.165, 1.54) is 5.56 Å². The molecule has 0 radical (unpaired) electrons. The predicted molar refractivity (Wildman–Crippen MR) is 137 cm³/mol. The normalized spacial score (nSPS) is 15.9. The maximum Gasteiger partial charge on any atom is 0.294 e. The van der Waals surface area contributed by atoms with Crippen molar-refractivity contribution in [2.24, 2.45) is 5.92 Å². The Kier molecular flexibility index (Phi) is 6.40. The maximum absolute atomic E-state index is 13.7. The third-order valence-electron chi connectivity index (χ3n) is 6.62. The molecule has 1 aliphatic rings. The number of rotatable bonds is 6. The van der Waals surface area contributed by atoms with Gasteiger partial charge in [0.05, 0.1) is 30.0 Å². The molecule has 2 aromatic heterocycles. The van der Waals surface area contributed by atoms with E-state index in [0.717, 1.165) is 41.0 Å². The molecule has 1 aliphatic heterocycles. The summed E-state index contributed by atoms with van der Waals surface area (Å²) in [5.74, 6) is 1.73. The van der Waals surface area contributed by atoms with E-state index in [1.54, 1.807) is 4.57 Å². The molecule has 3 heterocycles. The van der Waals surface area contributed by atoms with Gasteiger partial charge in [0, 0.05) is 13.1 Å². The number of hydrogen-bond donors (Lipinski definition) is 1. The number of carbonyl (C=O) groups excluding carboxylic acids is 1. The van der Waals surface area contributed by atoms with Crippen molar-refractivity contribution in [3.63, 3.8) is 0 Å². The minimum absolute atomic E-state index is 0.0236. The number of nitrogens with zero attached hydrogens (tertiary/aromatic N) is 3. The van der Waals surface area contributed by atoms with Crippen molar-refractivity contribution in [3.05, 3.63) is 93.7 Å². The summed E-state index contributed by atoms with van der Waals surface area (Å²) in [4.78, 5) is 33.3. The number of aryl methyl sites for hydroxylation is 2. The minimum Gasteiger partial charge on any atom is -0.465 e. The lowest BCUT2D eigenvalue weighted by molar-refractivity contribution is -0.125. The summed E-state index contributed by atoms with van der Waals surface area (Å²) in [7, 11) is 0. The minimum atomic E-state index is -0.210. The van der Waals surface area contributed by atoms with Gasteiger partial charge >= 0.3 is 0 Å². The van der Waals surface area contributed by atoms with Gasteiger partial charge in [-0.05, 0) is 56.5 Å². The van der Waals surface area contributed by atoms with Crippen LogP contribution in [0.25, 0.3) is 11.0 Å². The number of carbonyl (C=O) groups is 1. The van der Waals surface area contributed by atoms with Crippen LogP contribution in [0.1, 0.15) is 35.5 Å². The van der Waals surface area contributed by atoms with Crippen LogP contribution in [0.2, 0.25) is 0 Å². The van der Waals surface area contributed by atoms with E-state index in [1.807, 2.05) is 48.2 Å². The molecule has 35 heavy (non-hydrogen) atoms. The molecule has 180 valence electrons. The fraction of sp³-hybridized carbons (Fsp3) is 0.321. The van der Waals surface area contributed by atoms with Crippen LogP contribution < -0.4 is 15.8 Å². The summed E-state index contributed by atoms with van der Waals surface area (Å²) in [6, 6.07) is 19.7. The number of amides is 1. The lowest BCUT2D eigenvalue weighted by Gasteiger charge is -2.32. The van der Waals surface area contributed by atoms with Crippen LogP contribution in [-0.2, 0) is 17.9 Å². The van der Waals surface area contributed by atoms with Crippen LogP contribution in [0.15, 0.2) is 69.9 Å². The molecule has 1 saturated heterocycles. The number of para-hydroxylation sites is 2. The zero-order chi connectivity index (χ0) is 24.4. The van der Waals surface area contributed by atoms with E-state index in [4.69, 9.17) is 9.40 Å². The number of benzene rings is 2. The van der Waals surface area contributed by atoms with Crippen molar-refractivity contribution in [2.45, 2.75) is 39.8 Å². The Morgan fingerprint density at radius 3 is 2.66 bits per heavy atom. The summed E-state index contributed by atoms with van der Waals surface area (Å²) in [5, 5.41) is 2.98. The predicted octanol–water partition coefficient (Wildman–Crippen LogP) is 4.19. The molecule has 0 spiro atoms. The van der Waals surface area contributed by atoms with Gasteiger partial charge in [-0.3, -0.25) is 14.2 Å². The van der Waals surface area contributed by atoms with Gasteiger partial charge in [0.15, 0.2) is 5.82 Å². The van der Waals surface area contributed by atoms with Gasteiger partial charge in [-0.2, -0.15) is 0 Å². The largest absolute Gasteiger partial charge is 0.465 e. The second-order valence-electron chi connectivity index (χ2n) is 9.32. The number of piperidine rings is 1. The quantitative estimate of drug-likeness (QED) is 0.457. The van der Waals surface area contributed by atoms with Crippen molar-refractivity contribution >= 4 is 22.8 Å². The third kappa shape index (κ3) is 4.99.